The van der Waals surface area contributed by atoms with Crippen molar-refractivity contribution in [1.29, 1.82) is 0 Å². The Labute approximate surface area is 82.8 Å². The molecule has 76 valence electrons. The second-order valence-corrected chi connectivity index (χ2v) is 3.51. The first kappa shape index (κ1) is 10.7. The first-order valence-corrected chi connectivity index (χ1v) is 4.47. The monoisotopic (exact) mass is 194 g/mol. The van der Waals surface area contributed by atoms with Crippen molar-refractivity contribution in [1.82, 2.24) is 4.98 Å². The van der Waals surface area contributed by atoms with E-state index in [0.717, 1.165) is 0 Å². The van der Waals surface area contributed by atoms with E-state index in [2.05, 4.69) is 4.98 Å². The number of carbonyl (C=O) groups is 1. The molecular formula is C10H14N2O2. The van der Waals surface area contributed by atoms with Crippen LogP contribution < -0.4 is 5.73 Å². The van der Waals surface area contributed by atoms with Gasteiger partial charge in [0.1, 0.15) is 0 Å². The summed E-state index contributed by atoms with van der Waals surface area (Å²) in [5.74, 6) is -0.813. The molecule has 0 saturated carbocycles. The number of aromatic nitrogens is 1. The highest BCUT2D eigenvalue weighted by Crippen LogP contribution is 2.19. The Hall–Kier alpha value is -1.42. The number of pyridine rings is 1. The Balaban J connectivity index is 3.13. The molecule has 0 fully saturated rings. The maximum Gasteiger partial charge on any atom is 0.337 e. The summed E-state index contributed by atoms with van der Waals surface area (Å²) in [5, 5.41) is 8.90. The second-order valence-electron chi connectivity index (χ2n) is 3.51. The van der Waals surface area contributed by atoms with Gasteiger partial charge in [-0.25, -0.2) is 4.79 Å². The molecule has 0 aliphatic carbocycles. The fourth-order valence-corrected chi connectivity index (χ4v) is 1.18. The number of nitrogens with zero attached hydrogens (tertiary/aromatic N) is 1. The summed E-state index contributed by atoms with van der Waals surface area (Å²) in [6, 6.07) is 2.79. The van der Waals surface area contributed by atoms with Crippen LogP contribution in [0, 0.1) is 5.92 Å². The highest BCUT2D eigenvalue weighted by atomic mass is 16.4. The largest absolute Gasteiger partial charge is 0.478 e. The first-order chi connectivity index (χ1) is 6.54. The quantitative estimate of drug-likeness (QED) is 0.763. The lowest BCUT2D eigenvalue weighted by Gasteiger charge is -2.16. The molecule has 0 bridgehead atoms. The molecule has 0 amide bonds. The predicted molar refractivity (Wildman–Crippen MR) is 53.0 cm³/mol. The van der Waals surface area contributed by atoms with Gasteiger partial charge >= 0.3 is 5.97 Å². The molecule has 1 heterocycles. The van der Waals surface area contributed by atoms with Crippen LogP contribution in [-0.4, -0.2) is 16.1 Å². The van der Waals surface area contributed by atoms with Gasteiger partial charge in [0.2, 0.25) is 0 Å². The minimum Gasteiger partial charge on any atom is -0.478 e. The molecule has 14 heavy (non-hydrogen) atoms. The maximum absolute atomic E-state index is 10.9. The third-order valence-corrected chi connectivity index (χ3v) is 2.10. The van der Waals surface area contributed by atoms with E-state index in [4.69, 9.17) is 10.8 Å². The molecule has 4 nitrogen and oxygen atoms in total. The standard InChI is InChI=1S/C10H14N2O2/c1-6(2)8(11)9-7(10(13)14)4-3-5-12-9/h3-6,8H,11H2,1-2H3,(H,13,14). The number of aromatic carboxylic acids is 1. The van der Waals surface area contributed by atoms with Gasteiger partial charge in [0, 0.05) is 6.20 Å². The van der Waals surface area contributed by atoms with Crippen molar-refractivity contribution >= 4 is 5.97 Å². The smallest absolute Gasteiger partial charge is 0.337 e. The fourth-order valence-electron chi connectivity index (χ4n) is 1.18. The molecule has 0 aliphatic rings. The Kier molecular flexibility index (Phi) is 3.19. The Morgan fingerprint density at radius 1 is 1.57 bits per heavy atom. The molecule has 0 aromatic carbocycles. The molecule has 0 radical (unpaired) electrons. The lowest BCUT2D eigenvalue weighted by molar-refractivity contribution is 0.0694. The number of hydrogen-bond acceptors (Lipinski definition) is 3. The summed E-state index contributed by atoms with van der Waals surface area (Å²) in [4.78, 5) is 14.9. The van der Waals surface area contributed by atoms with Crippen molar-refractivity contribution in [2.45, 2.75) is 19.9 Å². The van der Waals surface area contributed by atoms with E-state index in [1.54, 1.807) is 12.3 Å². The van der Waals surface area contributed by atoms with Gasteiger partial charge in [-0.05, 0) is 18.1 Å². The zero-order chi connectivity index (χ0) is 10.7. The number of carboxylic acid groups (broad SMARTS) is 1. The Morgan fingerprint density at radius 3 is 2.71 bits per heavy atom. The third kappa shape index (κ3) is 2.09. The lowest BCUT2D eigenvalue weighted by atomic mass is 9.98. The van der Waals surface area contributed by atoms with Crippen LogP contribution in [0.15, 0.2) is 18.3 Å². The molecule has 4 heteroatoms. The molecule has 1 atom stereocenters. The average Bonchev–Trinajstić information content (AvgIpc) is 2.16. The van der Waals surface area contributed by atoms with E-state index in [1.165, 1.54) is 6.07 Å². The molecular weight excluding hydrogens is 180 g/mol. The third-order valence-electron chi connectivity index (χ3n) is 2.10. The van der Waals surface area contributed by atoms with E-state index in [-0.39, 0.29) is 17.5 Å². The highest BCUT2D eigenvalue weighted by molar-refractivity contribution is 5.88. The van der Waals surface area contributed by atoms with Gasteiger partial charge in [-0.2, -0.15) is 0 Å². The van der Waals surface area contributed by atoms with Crippen LogP contribution in [0.2, 0.25) is 0 Å². The molecule has 0 spiro atoms. The highest BCUT2D eigenvalue weighted by Gasteiger charge is 2.19. The topological polar surface area (TPSA) is 76.2 Å². The van der Waals surface area contributed by atoms with Crippen LogP contribution in [0.25, 0.3) is 0 Å². The van der Waals surface area contributed by atoms with Crippen molar-refractivity contribution in [3.8, 4) is 0 Å². The number of hydrogen-bond donors (Lipinski definition) is 2. The summed E-state index contributed by atoms with van der Waals surface area (Å²) in [7, 11) is 0. The van der Waals surface area contributed by atoms with Crippen LogP contribution in [0.1, 0.15) is 35.9 Å². The van der Waals surface area contributed by atoms with Gasteiger partial charge in [-0.15, -0.1) is 0 Å². The predicted octanol–water partition coefficient (Wildman–Crippen LogP) is 1.44. The maximum atomic E-state index is 10.9. The van der Waals surface area contributed by atoms with Crippen LogP contribution in [-0.2, 0) is 0 Å². The van der Waals surface area contributed by atoms with Gasteiger partial charge in [-0.3, -0.25) is 4.98 Å². The summed E-state index contributed by atoms with van der Waals surface area (Å²) in [5.41, 5.74) is 6.49. The molecule has 1 aromatic rings. The van der Waals surface area contributed by atoms with Gasteiger partial charge in [0.25, 0.3) is 0 Å². The van der Waals surface area contributed by atoms with E-state index in [1.807, 2.05) is 13.8 Å². The molecule has 0 aliphatic heterocycles. The summed E-state index contributed by atoms with van der Waals surface area (Å²) in [6.45, 7) is 3.87. The van der Waals surface area contributed by atoms with Gasteiger partial charge in [-0.1, -0.05) is 13.8 Å². The normalized spacial score (nSPS) is 12.9. The van der Waals surface area contributed by atoms with Gasteiger partial charge < -0.3 is 10.8 Å². The molecule has 1 unspecified atom stereocenters. The summed E-state index contributed by atoms with van der Waals surface area (Å²) >= 11 is 0. The molecule has 0 saturated heterocycles. The zero-order valence-corrected chi connectivity index (χ0v) is 8.27. The van der Waals surface area contributed by atoms with E-state index in [0.29, 0.717) is 5.69 Å². The van der Waals surface area contributed by atoms with Crippen molar-refractivity contribution in [3.63, 3.8) is 0 Å². The van der Waals surface area contributed by atoms with Crippen molar-refractivity contribution in [2.24, 2.45) is 11.7 Å². The van der Waals surface area contributed by atoms with Gasteiger partial charge in [0.05, 0.1) is 17.3 Å². The average molecular weight is 194 g/mol. The minimum atomic E-state index is -0.982. The van der Waals surface area contributed by atoms with E-state index in [9.17, 15) is 4.79 Å². The number of carboxylic acids is 1. The SMILES string of the molecule is CC(C)C(N)c1ncccc1C(=O)O. The van der Waals surface area contributed by atoms with Crippen LogP contribution in [0.5, 0.6) is 0 Å². The fraction of sp³-hybridized carbons (Fsp3) is 0.400. The second kappa shape index (κ2) is 4.19. The van der Waals surface area contributed by atoms with E-state index >= 15 is 0 Å². The molecule has 1 rings (SSSR count). The summed E-state index contributed by atoms with van der Waals surface area (Å²) < 4.78 is 0. The van der Waals surface area contributed by atoms with Crippen LogP contribution in [0.3, 0.4) is 0 Å². The summed E-state index contributed by atoms with van der Waals surface area (Å²) in [6.07, 6.45) is 1.56. The first-order valence-electron chi connectivity index (χ1n) is 4.47. The van der Waals surface area contributed by atoms with Crippen molar-refractivity contribution in [2.75, 3.05) is 0 Å². The number of nitrogens with two attached hydrogens (primary N) is 1. The van der Waals surface area contributed by atoms with Crippen LogP contribution in [0.4, 0.5) is 0 Å². The molecule has 1 aromatic heterocycles. The zero-order valence-electron chi connectivity index (χ0n) is 8.27. The Bertz CT molecular complexity index is 337. The Morgan fingerprint density at radius 2 is 2.21 bits per heavy atom. The van der Waals surface area contributed by atoms with Crippen LogP contribution >= 0.6 is 0 Å². The lowest BCUT2D eigenvalue weighted by Crippen LogP contribution is -2.21. The number of rotatable bonds is 3. The van der Waals surface area contributed by atoms with Crippen molar-refractivity contribution < 1.29 is 9.90 Å². The minimum absolute atomic E-state index is 0.169. The van der Waals surface area contributed by atoms with Gasteiger partial charge in [0.15, 0.2) is 0 Å². The van der Waals surface area contributed by atoms with Crippen molar-refractivity contribution in [3.05, 3.63) is 29.6 Å². The molecule has 3 N–H and O–H groups in total. The van der Waals surface area contributed by atoms with E-state index < -0.39 is 5.97 Å².